The third kappa shape index (κ3) is 2.82. The number of nitrogens with zero attached hydrogens (tertiary/aromatic N) is 2. The summed E-state index contributed by atoms with van der Waals surface area (Å²) in [7, 11) is 0. The minimum atomic E-state index is 0.0292. The van der Waals surface area contributed by atoms with Gasteiger partial charge in [0.1, 0.15) is 6.54 Å². The number of hydrogen-bond acceptors (Lipinski definition) is 2. The van der Waals surface area contributed by atoms with Crippen molar-refractivity contribution < 1.29 is 4.79 Å². The quantitative estimate of drug-likeness (QED) is 0.674. The lowest BCUT2D eigenvalue weighted by Crippen LogP contribution is -2.41. The molecule has 4 nitrogen and oxygen atoms in total. The minimum absolute atomic E-state index is 0.0292. The Morgan fingerprint density at radius 2 is 1.64 bits per heavy atom. The zero-order chi connectivity index (χ0) is 17.4. The Morgan fingerprint density at radius 3 is 2.24 bits per heavy atom. The fourth-order valence-electron chi connectivity index (χ4n) is 3.90. The van der Waals surface area contributed by atoms with Crippen LogP contribution in [0, 0.1) is 5.92 Å². The van der Waals surface area contributed by atoms with Crippen LogP contribution in [0.25, 0.3) is 21.8 Å². The van der Waals surface area contributed by atoms with Gasteiger partial charge in [-0.1, -0.05) is 31.2 Å². The third-order valence-corrected chi connectivity index (χ3v) is 5.18. The van der Waals surface area contributed by atoms with Gasteiger partial charge in [0.05, 0.1) is 11.0 Å². The number of fused-ring (bicyclic) bond motifs is 2. The van der Waals surface area contributed by atoms with Gasteiger partial charge < -0.3 is 9.47 Å². The Bertz CT molecular complexity index is 946. The number of pyridine rings is 1. The minimum Gasteiger partial charge on any atom is -0.341 e. The topological polar surface area (TPSA) is 42.3 Å². The Balaban J connectivity index is 1.83. The van der Waals surface area contributed by atoms with Gasteiger partial charge in [-0.25, -0.2) is 0 Å². The van der Waals surface area contributed by atoms with Gasteiger partial charge in [0, 0.05) is 23.9 Å². The first-order valence-corrected chi connectivity index (χ1v) is 8.93. The van der Waals surface area contributed by atoms with E-state index in [1.165, 1.54) is 6.42 Å². The van der Waals surface area contributed by atoms with Gasteiger partial charge in [-0.2, -0.15) is 0 Å². The average molecular weight is 334 g/mol. The van der Waals surface area contributed by atoms with Crippen LogP contribution >= 0.6 is 0 Å². The maximum atomic E-state index is 12.9. The molecule has 0 radical (unpaired) electrons. The van der Waals surface area contributed by atoms with Crippen molar-refractivity contribution in [1.29, 1.82) is 0 Å². The van der Waals surface area contributed by atoms with Gasteiger partial charge in [-0.05, 0) is 43.0 Å². The summed E-state index contributed by atoms with van der Waals surface area (Å²) in [5.74, 6) is 0.686. The predicted molar refractivity (Wildman–Crippen MR) is 101 cm³/mol. The van der Waals surface area contributed by atoms with E-state index in [0.29, 0.717) is 16.7 Å². The molecular weight excluding hydrogens is 312 g/mol. The van der Waals surface area contributed by atoms with Crippen molar-refractivity contribution in [2.75, 3.05) is 13.1 Å². The van der Waals surface area contributed by atoms with Crippen molar-refractivity contribution in [2.45, 2.75) is 26.3 Å². The molecule has 3 aromatic rings. The maximum Gasteiger partial charge on any atom is 0.242 e. The number of carbonyl (C=O) groups excluding carboxylic acids is 1. The van der Waals surface area contributed by atoms with E-state index >= 15 is 0 Å². The summed E-state index contributed by atoms with van der Waals surface area (Å²) in [4.78, 5) is 27.6. The molecule has 1 saturated heterocycles. The summed E-state index contributed by atoms with van der Waals surface area (Å²) in [6.45, 7) is 4.13. The fourth-order valence-corrected chi connectivity index (χ4v) is 3.90. The molecule has 1 aromatic heterocycles. The van der Waals surface area contributed by atoms with E-state index in [2.05, 4.69) is 6.92 Å². The molecule has 2 aromatic carbocycles. The van der Waals surface area contributed by atoms with E-state index in [9.17, 15) is 9.59 Å². The van der Waals surface area contributed by atoms with Gasteiger partial charge in [-0.3, -0.25) is 9.59 Å². The SMILES string of the molecule is C[C@H]1CCCN(C(=O)Cn2c3ccccc3c(=O)c3ccccc32)C1. The molecule has 4 rings (SSSR count). The first-order valence-electron chi connectivity index (χ1n) is 8.93. The Hall–Kier alpha value is -2.62. The van der Waals surface area contributed by atoms with Gasteiger partial charge >= 0.3 is 0 Å². The van der Waals surface area contributed by atoms with Crippen molar-refractivity contribution in [3.63, 3.8) is 0 Å². The smallest absolute Gasteiger partial charge is 0.242 e. The van der Waals surface area contributed by atoms with Gasteiger partial charge in [-0.15, -0.1) is 0 Å². The fraction of sp³-hybridized carbons (Fsp3) is 0.333. The number of benzene rings is 2. The largest absolute Gasteiger partial charge is 0.341 e. The van der Waals surface area contributed by atoms with E-state index in [4.69, 9.17) is 0 Å². The van der Waals surface area contributed by atoms with Crippen LogP contribution < -0.4 is 5.43 Å². The van der Waals surface area contributed by atoms with Crippen LogP contribution in [-0.2, 0) is 11.3 Å². The van der Waals surface area contributed by atoms with Gasteiger partial charge in [0.2, 0.25) is 5.91 Å². The molecular formula is C21H22N2O2. The number of para-hydroxylation sites is 2. The van der Waals surface area contributed by atoms with Gasteiger partial charge in [0.25, 0.3) is 0 Å². The highest BCUT2D eigenvalue weighted by Gasteiger charge is 2.22. The number of amides is 1. The summed E-state index contributed by atoms with van der Waals surface area (Å²) in [6.07, 6.45) is 2.26. The van der Waals surface area contributed by atoms with Crippen molar-refractivity contribution in [1.82, 2.24) is 9.47 Å². The molecule has 0 saturated carbocycles. The molecule has 128 valence electrons. The lowest BCUT2D eigenvalue weighted by atomic mass is 10.0. The molecule has 2 heterocycles. The summed E-state index contributed by atoms with van der Waals surface area (Å²) >= 11 is 0. The molecule has 25 heavy (non-hydrogen) atoms. The summed E-state index contributed by atoms with van der Waals surface area (Å²) < 4.78 is 1.99. The molecule has 0 N–H and O–H groups in total. The van der Waals surface area contributed by atoms with Crippen LogP contribution in [0.3, 0.4) is 0 Å². The molecule has 0 bridgehead atoms. The Morgan fingerprint density at radius 1 is 1.04 bits per heavy atom. The van der Waals surface area contributed by atoms with Crippen LogP contribution in [-0.4, -0.2) is 28.5 Å². The maximum absolute atomic E-state index is 12.9. The van der Waals surface area contributed by atoms with E-state index < -0.39 is 0 Å². The summed E-state index contributed by atoms with van der Waals surface area (Å²) in [6, 6.07) is 15.1. The number of piperidine rings is 1. The van der Waals surface area contributed by atoms with Crippen LogP contribution in [0.5, 0.6) is 0 Å². The number of likely N-dealkylation sites (tertiary alicyclic amines) is 1. The first-order chi connectivity index (χ1) is 12.1. The molecule has 1 aliphatic rings. The zero-order valence-electron chi connectivity index (χ0n) is 14.4. The second-order valence-corrected chi connectivity index (χ2v) is 7.04. The number of aromatic nitrogens is 1. The number of carbonyl (C=O) groups is 1. The third-order valence-electron chi connectivity index (χ3n) is 5.18. The highest BCUT2D eigenvalue weighted by molar-refractivity contribution is 5.94. The van der Waals surface area contributed by atoms with E-state index in [-0.39, 0.29) is 17.9 Å². The number of rotatable bonds is 2. The van der Waals surface area contributed by atoms with Crippen molar-refractivity contribution in [3.8, 4) is 0 Å². The second kappa shape index (κ2) is 6.36. The zero-order valence-corrected chi connectivity index (χ0v) is 14.4. The first kappa shape index (κ1) is 15.9. The summed E-state index contributed by atoms with van der Waals surface area (Å²) in [5, 5.41) is 1.34. The lowest BCUT2D eigenvalue weighted by molar-refractivity contribution is -0.133. The van der Waals surface area contributed by atoms with Crippen LogP contribution in [0.2, 0.25) is 0 Å². The van der Waals surface area contributed by atoms with Crippen molar-refractivity contribution >= 4 is 27.7 Å². The monoisotopic (exact) mass is 334 g/mol. The highest BCUT2D eigenvalue weighted by atomic mass is 16.2. The average Bonchev–Trinajstić information content (AvgIpc) is 2.65. The van der Waals surface area contributed by atoms with Crippen molar-refractivity contribution in [3.05, 3.63) is 58.8 Å². The highest BCUT2D eigenvalue weighted by Crippen LogP contribution is 2.21. The van der Waals surface area contributed by atoms with Crippen LogP contribution in [0.4, 0.5) is 0 Å². The van der Waals surface area contributed by atoms with E-state index in [0.717, 1.165) is 30.5 Å². The Kier molecular flexibility index (Phi) is 4.04. The summed E-state index contributed by atoms with van der Waals surface area (Å²) in [5.41, 5.74) is 1.68. The molecule has 0 aliphatic carbocycles. The molecule has 1 amide bonds. The molecule has 4 heteroatoms. The Labute approximate surface area is 146 Å². The molecule has 1 atom stereocenters. The number of hydrogen-bond donors (Lipinski definition) is 0. The molecule has 0 unspecified atom stereocenters. The normalized spacial score (nSPS) is 18.0. The van der Waals surface area contributed by atoms with E-state index in [1.807, 2.05) is 58.0 Å². The van der Waals surface area contributed by atoms with E-state index in [1.54, 1.807) is 0 Å². The van der Waals surface area contributed by atoms with Crippen LogP contribution in [0.1, 0.15) is 19.8 Å². The molecule has 1 fully saturated rings. The van der Waals surface area contributed by atoms with Crippen LogP contribution in [0.15, 0.2) is 53.3 Å². The molecule has 0 spiro atoms. The van der Waals surface area contributed by atoms with Crippen molar-refractivity contribution in [2.24, 2.45) is 5.92 Å². The lowest BCUT2D eigenvalue weighted by Gasteiger charge is -2.31. The molecule has 1 aliphatic heterocycles. The predicted octanol–water partition coefficient (Wildman–Crippen LogP) is 3.41. The standard InChI is InChI=1S/C21H22N2O2/c1-15-7-6-12-22(13-15)20(24)14-23-18-10-4-2-8-16(18)21(25)17-9-3-5-11-19(17)23/h2-5,8-11,15H,6-7,12-14H2,1H3/t15-/m0/s1. The second-order valence-electron chi connectivity index (χ2n) is 7.04. The van der Waals surface area contributed by atoms with Gasteiger partial charge in [0.15, 0.2) is 5.43 Å².